The number of aryl methyl sites for hydroxylation is 1. The third-order valence-corrected chi connectivity index (χ3v) is 3.96. The maximum Gasteiger partial charge on any atom is 0.0960 e. The molecule has 1 saturated carbocycles. The van der Waals surface area contributed by atoms with Crippen LogP contribution in [-0.4, -0.2) is 21.9 Å². The Hall–Kier alpha value is -1.39. The molecule has 1 fully saturated rings. The summed E-state index contributed by atoms with van der Waals surface area (Å²) in [6, 6.07) is 8.58. The second-order valence-electron chi connectivity index (χ2n) is 5.45. The number of ether oxygens (including phenoxy) is 1. The van der Waals surface area contributed by atoms with Gasteiger partial charge in [-0.2, -0.15) is 5.10 Å². The van der Waals surface area contributed by atoms with Crippen molar-refractivity contribution in [2.75, 3.05) is 0 Å². The molecule has 1 aliphatic carbocycles. The van der Waals surface area contributed by atoms with Crippen LogP contribution >= 0.6 is 0 Å². The minimum atomic E-state index is 0.296. The predicted molar refractivity (Wildman–Crippen MR) is 75.7 cm³/mol. The summed E-state index contributed by atoms with van der Waals surface area (Å²) in [6.07, 6.45) is 4.70. The summed E-state index contributed by atoms with van der Waals surface area (Å²) in [7, 11) is 1.97. The van der Waals surface area contributed by atoms with Crippen LogP contribution in [0.5, 0.6) is 0 Å². The molecule has 0 amide bonds. The van der Waals surface area contributed by atoms with E-state index in [0.29, 0.717) is 18.8 Å². The Morgan fingerprint density at radius 1 is 1.37 bits per heavy atom. The summed E-state index contributed by atoms with van der Waals surface area (Å²) in [4.78, 5) is 0. The number of benzene rings is 1. The fraction of sp³-hybridized carbons (Fsp3) is 0.533. The fourth-order valence-corrected chi connectivity index (χ4v) is 2.92. The zero-order chi connectivity index (χ0) is 13.2. The van der Waals surface area contributed by atoms with Gasteiger partial charge in [0, 0.05) is 18.5 Å². The average Bonchev–Trinajstić information content (AvgIpc) is 2.74. The van der Waals surface area contributed by atoms with E-state index in [0.717, 1.165) is 30.5 Å². The highest BCUT2D eigenvalue weighted by Gasteiger charge is 2.20. The molecule has 3 rings (SSSR count). The van der Waals surface area contributed by atoms with Crippen molar-refractivity contribution in [1.29, 1.82) is 0 Å². The SMILES string of the molecule is Cn1nc(COC2CCCC(N)C2)c2ccccc21. The Morgan fingerprint density at radius 3 is 3.05 bits per heavy atom. The Kier molecular flexibility index (Phi) is 3.53. The molecule has 102 valence electrons. The van der Waals surface area contributed by atoms with Crippen LogP contribution in [0.2, 0.25) is 0 Å². The Labute approximate surface area is 113 Å². The number of rotatable bonds is 3. The first-order chi connectivity index (χ1) is 9.24. The summed E-state index contributed by atoms with van der Waals surface area (Å²) in [5.41, 5.74) is 8.17. The summed E-state index contributed by atoms with van der Waals surface area (Å²) in [5, 5.41) is 5.74. The van der Waals surface area contributed by atoms with E-state index in [2.05, 4.69) is 17.2 Å². The van der Waals surface area contributed by atoms with Gasteiger partial charge in [0.05, 0.1) is 23.9 Å². The lowest BCUT2D eigenvalue weighted by atomic mass is 9.93. The fourth-order valence-electron chi connectivity index (χ4n) is 2.92. The number of aromatic nitrogens is 2. The number of nitrogens with zero attached hydrogens (tertiary/aromatic N) is 2. The average molecular weight is 259 g/mol. The van der Waals surface area contributed by atoms with Crippen molar-refractivity contribution in [1.82, 2.24) is 9.78 Å². The summed E-state index contributed by atoms with van der Waals surface area (Å²) >= 11 is 0. The van der Waals surface area contributed by atoms with Gasteiger partial charge in [-0.25, -0.2) is 0 Å². The van der Waals surface area contributed by atoms with Gasteiger partial charge in [-0.1, -0.05) is 18.2 Å². The molecule has 0 radical (unpaired) electrons. The number of hydrogen-bond acceptors (Lipinski definition) is 3. The molecule has 0 saturated heterocycles. The lowest BCUT2D eigenvalue weighted by Crippen LogP contribution is -2.32. The quantitative estimate of drug-likeness (QED) is 0.920. The van der Waals surface area contributed by atoms with Gasteiger partial charge < -0.3 is 10.5 Å². The number of hydrogen-bond donors (Lipinski definition) is 1. The minimum Gasteiger partial charge on any atom is -0.372 e. The largest absolute Gasteiger partial charge is 0.372 e. The second-order valence-corrected chi connectivity index (χ2v) is 5.45. The van der Waals surface area contributed by atoms with Crippen molar-refractivity contribution >= 4 is 10.9 Å². The van der Waals surface area contributed by atoms with E-state index in [-0.39, 0.29) is 0 Å². The van der Waals surface area contributed by atoms with E-state index in [1.807, 2.05) is 23.9 Å². The summed E-state index contributed by atoms with van der Waals surface area (Å²) in [6.45, 7) is 0.582. The van der Waals surface area contributed by atoms with Crippen LogP contribution in [-0.2, 0) is 18.4 Å². The third-order valence-electron chi connectivity index (χ3n) is 3.96. The first-order valence-electron chi connectivity index (χ1n) is 7.02. The normalized spacial score (nSPS) is 23.9. The van der Waals surface area contributed by atoms with Gasteiger partial charge in [-0.3, -0.25) is 4.68 Å². The van der Waals surface area contributed by atoms with Crippen molar-refractivity contribution in [3.63, 3.8) is 0 Å². The first kappa shape index (κ1) is 12.6. The van der Waals surface area contributed by atoms with Gasteiger partial charge in [-0.05, 0) is 31.7 Å². The van der Waals surface area contributed by atoms with Crippen LogP contribution in [0.25, 0.3) is 10.9 Å². The maximum absolute atomic E-state index is 6.01. The standard InChI is InChI=1S/C15H21N3O/c1-18-15-8-3-2-7-13(15)14(17-18)10-19-12-6-4-5-11(16)9-12/h2-3,7-8,11-12H,4-6,9-10,16H2,1H3. The number of fused-ring (bicyclic) bond motifs is 1. The highest BCUT2D eigenvalue weighted by molar-refractivity contribution is 5.81. The lowest BCUT2D eigenvalue weighted by molar-refractivity contribution is 0.0110. The van der Waals surface area contributed by atoms with Gasteiger partial charge in [0.15, 0.2) is 0 Å². The highest BCUT2D eigenvalue weighted by Crippen LogP contribution is 2.23. The summed E-state index contributed by atoms with van der Waals surface area (Å²) in [5.74, 6) is 0. The molecule has 2 unspecified atom stereocenters. The van der Waals surface area contributed by atoms with Crippen LogP contribution in [0.15, 0.2) is 24.3 Å². The van der Waals surface area contributed by atoms with Crippen LogP contribution in [0.4, 0.5) is 0 Å². The van der Waals surface area contributed by atoms with Crippen LogP contribution in [0.1, 0.15) is 31.4 Å². The van der Waals surface area contributed by atoms with Gasteiger partial charge in [0.25, 0.3) is 0 Å². The molecule has 19 heavy (non-hydrogen) atoms. The molecule has 0 spiro atoms. The smallest absolute Gasteiger partial charge is 0.0960 e. The van der Waals surface area contributed by atoms with E-state index in [1.54, 1.807) is 0 Å². The first-order valence-corrected chi connectivity index (χ1v) is 7.02. The Morgan fingerprint density at radius 2 is 2.21 bits per heavy atom. The highest BCUT2D eigenvalue weighted by atomic mass is 16.5. The van der Waals surface area contributed by atoms with E-state index in [4.69, 9.17) is 10.5 Å². The second kappa shape index (κ2) is 5.31. The van der Waals surface area contributed by atoms with Gasteiger partial charge >= 0.3 is 0 Å². The van der Waals surface area contributed by atoms with E-state index in [1.165, 1.54) is 11.8 Å². The number of para-hydroxylation sites is 1. The molecule has 1 aromatic heterocycles. The maximum atomic E-state index is 6.01. The van der Waals surface area contributed by atoms with Gasteiger partial charge in [0.1, 0.15) is 0 Å². The Bertz CT molecular complexity index is 564. The third kappa shape index (κ3) is 2.65. The van der Waals surface area contributed by atoms with Gasteiger partial charge in [0.2, 0.25) is 0 Å². The molecular formula is C15H21N3O. The van der Waals surface area contributed by atoms with Gasteiger partial charge in [-0.15, -0.1) is 0 Å². The van der Waals surface area contributed by atoms with Crippen molar-refractivity contribution in [2.45, 2.75) is 44.4 Å². The molecular weight excluding hydrogens is 238 g/mol. The molecule has 0 aliphatic heterocycles. The molecule has 4 heteroatoms. The van der Waals surface area contributed by atoms with Crippen LogP contribution in [0.3, 0.4) is 0 Å². The van der Waals surface area contributed by atoms with Crippen LogP contribution < -0.4 is 5.73 Å². The molecule has 1 aliphatic rings. The monoisotopic (exact) mass is 259 g/mol. The zero-order valence-electron chi connectivity index (χ0n) is 11.4. The molecule has 0 bridgehead atoms. The van der Waals surface area contributed by atoms with E-state index < -0.39 is 0 Å². The lowest BCUT2D eigenvalue weighted by Gasteiger charge is -2.26. The van der Waals surface area contributed by atoms with E-state index >= 15 is 0 Å². The molecule has 1 aromatic carbocycles. The number of nitrogens with two attached hydrogens (primary N) is 1. The molecule has 1 heterocycles. The summed E-state index contributed by atoms with van der Waals surface area (Å²) < 4.78 is 7.92. The molecule has 2 aromatic rings. The van der Waals surface area contributed by atoms with Crippen LogP contribution in [0, 0.1) is 0 Å². The zero-order valence-corrected chi connectivity index (χ0v) is 11.4. The van der Waals surface area contributed by atoms with E-state index in [9.17, 15) is 0 Å². The predicted octanol–water partition coefficient (Wildman–Crippen LogP) is 2.36. The van der Waals surface area contributed by atoms with Crippen molar-refractivity contribution in [2.24, 2.45) is 12.8 Å². The molecule has 4 nitrogen and oxygen atoms in total. The minimum absolute atomic E-state index is 0.296. The van der Waals surface area contributed by atoms with Crippen molar-refractivity contribution in [3.05, 3.63) is 30.0 Å². The van der Waals surface area contributed by atoms with Crippen molar-refractivity contribution < 1.29 is 4.74 Å². The molecule has 2 atom stereocenters. The molecule has 2 N–H and O–H groups in total. The Balaban J connectivity index is 1.71. The van der Waals surface area contributed by atoms with Crippen molar-refractivity contribution in [3.8, 4) is 0 Å². The topological polar surface area (TPSA) is 53.1 Å².